The molecule has 0 bridgehead atoms. The van der Waals surface area contributed by atoms with Crippen LogP contribution in [0, 0.1) is 5.92 Å². The smallest absolute Gasteiger partial charge is 0.251 e. The van der Waals surface area contributed by atoms with Gasteiger partial charge in [-0.15, -0.1) is 11.3 Å². The molecule has 0 saturated carbocycles. The Bertz CT molecular complexity index is 663. The van der Waals surface area contributed by atoms with Gasteiger partial charge in [-0.3, -0.25) is 9.59 Å². The predicted molar refractivity (Wildman–Crippen MR) is 86.0 cm³/mol. The summed E-state index contributed by atoms with van der Waals surface area (Å²) >= 11 is 1.35. The topological polar surface area (TPSA) is 112 Å². The lowest BCUT2D eigenvalue weighted by atomic mass is 9.84. The van der Waals surface area contributed by atoms with Gasteiger partial charge < -0.3 is 21.0 Å². The van der Waals surface area contributed by atoms with Gasteiger partial charge in [0.15, 0.2) is 0 Å². The maximum Gasteiger partial charge on any atom is 0.251 e. The third-order valence-electron chi connectivity index (χ3n) is 3.92. The molecule has 6 nitrogen and oxygen atoms in total. The Kier molecular flexibility index (Phi) is 5.54. The summed E-state index contributed by atoms with van der Waals surface area (Å²) < 4.78 is 0. The lowest BCUT2D eigenvalue weighted by Gasteiger charge is -2.21. The van der Waals surface area contributed by atoms with E-state index in [4.69, 9.17) is 5.73 Å². The first-order valence-corrected chi connectivity index (χ1v) is 8.38. The Morgan fingerprint density at radius 3 is 2.74 bits per heavy atom. The Morgan fingerprint density at radius 2 is 2.13 bits per heavy atom. The molecule has 7 heteroatoms. The molecule has 2 rings (SSSR count). The highest BCUT2D eigenvalue weighted by atomic mass is 32.1. The van der Waals surface area contributed by atoms with E-state index < -0.39 is 17.8 Å². The van der Waals surface area contributed by atoms with Crippen LogP contribution in [-0.4, -0.2) is 17.8 Å². The van der Waals surface area contributed by atoms with Crippen molar-refractivity contribution in [2.45, 2.75) is 39.0 Å². The first-order valence-electron chi connectivity index (χ1n) is 7.56. The van der Waals surface area contributed by atoms with Crippen molar-refractivity contribution in [2.75, 3.05) is 5.32 Å². The summed E-state index contributed by atoms with van der Waals surface area (Å²) in [5.41, 5.74) is 6.75. The fourth-order valence-corrected chi connectivity index (χ4v) is 4.33. The van der Waals surface area contributed by atoms with E-state index in [9.17, 15) is 19.5 Å². The number of hydrogen-bond acceptors (Lipinski definition) is 5. The average Bonchev–Trinajstić information content (AvgIpc) is 2.82. The Balaban J connectivity index is 2.25. The standard InChI is InChI=1S/C16H20N2O4S/c1-2-3-9-4-5-10-11(8-9)23-16(14(10)15(17)22)18-12(19)6-7-13(20)21/h6-7,9H,2-5,8H2,1H3,(H2,17,22)(H,18,19)(H,20,21)/p-1/b7-6+/t9-/m0/s1. The van der Waals surface area contributed by atoms with Crippen molar-refractivity contribution < 1.29 is 19.5 Å². The number of fused-ring (bicyclic) bond motifs is 1. The summed E-state index contributed by atoms with van der Waals surface area (Å²) in [4.78, 5) is 34.9. The molecule has 1 aliphatic rings. The summed E-state index contributed by atoms with van der Waals surface area (Å²) in [6.45, 7) is 2.15. The van der Waals surface area contributed by atoms with E-state index in [-0.39, 0.29) is 0 Å². The quantitative estimate of drug-likeness (QED) is 0.755. The van der Waals surface area contributed by atoms with Gasteiger partial charge in [0.1, 0.15) is 5.00 Å². The van der Waals surface area contributed by atoms with Crippen LogP contribution in [0.3, 0.4) is 0 Å². The summed E-state index contributed by atoms with van der Waals surface area (Å²) in [5.74, 6) is -2.06. The molecule has 0 fully saturated rings. The first-order chi connectivity index (χ1) is 10.9. The third kappa shape index (κ3) is 4.19. The summed E-state index contributed by atoms with van der Waals surface area (Å²) in [7, 11) is 0. The van der Waals surface area contributed by atoms with Crippen LogP contribution in [0.25, 0.3) is 0 Å². The zero-order valence-electron chi connectivity index (χ0n) is 12.9. The van der Waals surface area contributed by atoms with Gasteiger partial charge in [-0.1, -0.05) is 19.8 Å². The molecule has 0 aromatic carbocycles. The van der Waals surface area contributed by atoms with E-state index in [1.54, 1.807) is 0 Å². The number of nitrogens with two attached hydrogens (primary N) is 1. The number of thiophene rings is 1. The summed E-state index contributed by atoms with van der Waals surface area (Å²) in [6, 6.07) is 0. The van der Waals surface area contributed by atoms with Gasteiger partial charge in [0.25, 0.3) is 5.91 Å². The van der Waals surface area contributed by atoms with Crippen molar-refractivity contribution in [3.8, 4) is 0 Å². The van der Waals surface area contributed by atoms with Crippen LogP contribution >= 0.6 is 11.3 Å². The maximum absolute atomic E-state index is 11.8. The van der Waals surface area contributed by atoms with Gasteiger partial charge in [0, 0.05) is 11.0 Å². The zero-order chi connectivity index (χ0) is 17.0. The van der Waals surface area contributed by atoms with E-state index >= 15 is 0 Å². The minimum absolute atomic E-state index is 0.357. The van der Waals surface area contributed by atoms with E-state index in [1.807, 2.05) is 0 Å². The maximum atomic E-state index is 11.8. The summed E-state index contributed by atoms with van der Waals surface area (Å²) in [5, 5.41) is 13.3. The second kappa shape index (κ2) is 7.41. The molecule has 0 aliphatic heterocycles. The minimum atomic E-state index is -1.46. The van der Waals surface area contributed by atoms with Crippen LogP contribution in [0.4, 0.5) is 5.00 Å². The number of hydrogen-bond donors (Lipinski definition) is 2. The molecule has 0 saturated heterocycles. The van der Waals surface area contributed by atoms with Crippen molar-refractivity contribution in [1.82, 2.24) is 0 Å². The highest BCUT2D eigenvalue weighted by molar-refractivity contribution is 7.17. The van der Waals surface area contributed by atoms with Gasteiger partial charge in [-0.25, -0.2) is 0 Å². The molecule has 1 atom stereocenters. The monoisotopic (exact) mass is 335 g/mol. The molecule has 2 amide bonds. The SMILES string of the molecule is CCC[C@H]1CCc2c(sc(NC(=O)/C=C/C(=O)[O-])c2C(N)=O)C1. The average molecular weight is 335 g/mol. The zero-order valence-corrected chi connectivity index (χ0v) is 13.7. The molecular weight excluding hydrogens is 316 g/mol. The Labute approximate surface area is 138 Å². The lowest BCUT2D eigenvalue weighted by molar-refractivity contribution is -0.297. The van der Waals surface area contributed by atoms with E-state index in [0.717, 1.165) is 48.6 Å². The normalized spacial score (nSPS) is 17.0. The van der Waals surface area contributed by atoms with E-state index in [2.05, 4.69) is 12.2 Å². The highest BCUT2D eigenvalue weighted by Gasteiger charge is 2.28. The van der Waals surface area contributed by atoms with Crippen molar-refractivity contribution >= 4 is 34.1 Å². The number of nitrogens with one attached hydrogen (secondary N) is 1. The number of carbonyl (C=O) groups excluding carboxylic acids is 3. The van der Waals surface area contributed by atoms with Crippen LogP contribution < -0.4 is 16.2 Å². The Hall–Kier alpha value is -2.15. The lowest BCUT2D eigenvalue weighted by Crippen LogP contribution is -2.21. The number of carboxylic acid groups (broad SMARTS) is 1. The second-order valence-electron chi connectivity index (χ2n) is 5.61. The Morgan fingerprint density at radius 1 is 1.39 bits per heavy atom. The molecule has 23 heavy (non-hydrogen) atoms. The van der Waals surface area contributed by atoms with E-state index in [1.165, 1.54) is 11.3 Å². The van der Waals surface area contributed by atoms with Crippen LogP contribution in [0.15, 0.2) is 12.2 Å². The molecule has 0 radical (unpaired) electrons. The number of rotatable bonds is 6. The molecule has 1 aliphatic carbocycles. The number of carboxylic acids is 1. The van der Waals surface area contributed by atoms with Crippen LogP contribution in [0.5, 0.6) is 0 Å². The summed E-state index contributed by atoms with van der Waals surface area (Å²) in [6.07, 6.45) is 6.43. The number of aliphatic carboxylic acids is 1. The largest absolute Gasteiger partial charge is 0.545 e. The molecule has 0 unspecified atom stereocenters. The third-order valence-corrected chi connectivity index (χ3v) is 5.09. The van der Waals surface area contributed by atoms with Gasteiger partial charge in [0.2, 0.25) is 5.91 Å². The van der Waals surface area contributed by atoms with Crippen molar-refractivity contribution in [3.63, 3.8) is 0 Å². The number of anilines is 1. The van der Waals surface area contributed by atoms with Crippen LogP contribution in [0.2, 0.25) is 0 Å². The second-order valence-corrected chi connectivity index (χ2v) is 6.72. The van der Waals surface area contributed by atoms with Crippen LogP contribution in [0.1, 0.15) is 47.0 Å². The van der Waals surface area contributed by atoms with Crippen molar-refractivity contribution in [2.24, 2.45) is 11.7 Å². The van der Waals surface area contributed by atoms with Crippen LogP contribution in [-0.2, 0) is 22.4 Å². The van der Waals surface area contributed by atoms with Crippen molar-refractivity contribution in [1.29, 1.82) is 0 Å². The van der Waals surface area contributed by atoms with Gasteiger partial charge >= 0.3 is 0 Å². The van der Waals surface area contributed by atoms with Gasteiger partial charge in [-0.2, -0.15) is 0 Å². The highest BCUT2D eigenvalue weighted by Crippen LogP contribution is 2.40. The van der Waals surface area contributed by atoms with E-state index in [0.29, 0.717) is 22.6 Å². The van der Waals surface area contributed by atoms with Crippen molar-refractivity contribution in [3.05, 3.63) is 28.2 Å². The fourth-order valence-electron chi connectivity index (χ4n) is 2.95. The number of carbonyl (C=O) groups is 3. The first kappa shape index (κ1) is 17.2. The number of amides is 2. The minimum Gasteiger partial charge on any atom is -0.545 e. The molecule has 1 aromatic rings. The molecule has 1 aromatic heterocycles. The molecule has 124 valence electrons. The van der Waals surface area contributed by atoms with Gasteiger partial charge in [-0.05, 0) is 36.8 Å². The molecule has 1 heterocycles. The fraction of sp³-hybridized carbons (Fsp3) is 0.438. The van der Waals surface area contributed by atoms with Gasteiger partial charge in [0.05, 0.1) is 11.5 Å². The number of primary amides is 1. The molecule has 0 spiro atoms. The molecular formula is C16H19N2O4S-. The molecule has 3 N–H and O–H groups in total. The predicted octanol–water partition coefficient (Wildman–Crippen LogP) is 0.997.